The summed E-state index contributed by atoms with van der Waals surface area (Å²) in [4.78, 5) is 37.6. The summed E-state index contributed by atoms with van der Waals surface area (Å²) in [5.74, 6) is -0.516. The van der Waals surface area contributed by atoms with Gasteiger partial charge < -0.3 is 4.42 Å². The molecule has 122 valence electrons. The summed E-state index contributed by atoms with van der Waals surface area (Å²) in [6.07, 6.45) is 1.31. The van der Waals surface area contributed by atoms with Crippen molar-refractivity contribution in [1.82, 2.24) is 5.32 Å². The number of amides is 4. The molecule has 3 rings (SSSR count). The number of anilines is 1. The molecule has 0 saturated carbocycles. The smallest absolute Gasteiger partial charge is 0.335 e. The standard InChI is InChI=1S/C17H13ClN2O4/c1-9-3-5-11(7-14(9)18)20-16(22)13(15(21)19-17(20)23)8-12-6-4-10(2)24-12/h3-8H,1-2H3,(H,19,21,23)/b13-8+. The predicted molar refractivity (Wildman–Crippen MR) is 88.6 cm³/mol. The number of furan rings is 1. The lowest BCUT2D eigenvalue weighted by Gasteiger charge is -2.26. The summed E-state index contributed by atoms with van der Waals surface area (Å²) in [6.45, 7) is 3.55. The SMILES string of the molecule is Cc1ccc(/C=C2\C(=O)NC(=O)N(c3ccc(C)c(Cl)c3)C2=O)o1. The number of imide groups is 2. The Bertz CT molecular complexity index is 898. The van der Waals surface area contributed by atoms with E-state index in [2.05, 4.69) is 5.32 Å². The number of urea groups is 1. The molecule has 24 heavy (non-hydrogen) atoms. The Hall–Kier alpha value is -2.86. The topological polar surface area (TPSA) is 79.6 Å². The van der Waals surface area contributed by atoms with Gasteiger partial charge in [0, 0.05) is 5.02 Å². The molecule has 1 fully saturated rings. The fraction of sp³-hybridized carbons (Fsp3) is 0.118. The number of hydrogen-bond acceptors (Lipinski definition) is 4. The summed E-state index contributed by atoms with van der Waals surface area (Å²) in [5, 5.41) is 2.56. The first-order valence-electron chi connectivity index (χ1n) is 7.11. The first-order chi connectivity index (χ1) is 11.4. The molecule has 1 saturated heterocycles. The number of nitrogens with one attached hydrogen (secondary N) is 1. The summed E-state index contributed by atoms with van der Waals surface area (Å²) in [7, 11) is 0. The Balaban J connectivity index is 2.02. The molecule has 2 aromatic rings. The lowest BCUT2D eigenvalue weighted by Crippen LogP contribution is -2.54. The number of hydrogen-bond donors (Lipinski definition) is 1. The van der Waals surface area contributed by atoms with Gasteiger partial charge in [0.2, 0.25) is 0 Å². The third-order valence-electron chi connectivity index (χ3n) is 3.56. The highest BCUT2D eigenvalue weighted by atomic mass is 35.5. The lowest BCUT2D eigenvalue weighted by atomic mass is 10.1. The molecule has 0 bridgehead atoms. The average molecular weight is 345 g/mol. The quantitative estimate of drug-likeness (QED) is 0.670. The number of carbonyl (C=O) groups is 3. The van der Waals surface area contributed by atoms with Crippen molar-refractivity contribution < 1.29 is 18.8 Å². The maximum Gasteiger partial charge on any atom is 0.335 e. The van der Waals surface area contributed by atoms with Crippen LogP contribution in [0.1, 0.15) is 17.1 Å². The summed E-state index contributed by atoms with van der Waals surface area (Å²) < 4.78 is 5.35. The highest BCUT2D eigenvalue weighted by molar-refractivity contribution is 6.39. The van der Waals surface area contributed by atoms with Crippen LogP contribution in [0.15, 0.2) is 40.3 Å². The van der Waals surface area contributed by atoms with E-state index in [4.69, 9.17) is 16.0 Å². The van der Waals surface area contributed by atoms with Crippen LogP contribution >= 0.6 is 11.6 Å². The zero-order valence-electron chi connectivity index (χ0n) is 12.9. The number of nitrogens with zero attached hydrogens (tertiary/aromatic N) is 1. The van der Waals surface area contributed by atoms with E-state index < -0.39 is 17.8 Å². The number of aryl methyl sites for hydroxylation is 2. The van der Waals surface area contributed by atoms with Crippen LogP contribution in [0.25, 0.3) is 6.08 Å². The van der Waals surface area contributed by atoms with Crippen LogP contribution in [-0.4, -0.2) is 17.8 Å². The van der Waals surface area contributed by atoms with Crippen molar-refractivity contribution >= 4 is 41.2 Å². The molecule has 7 heteroatoms. The van der Waals surface area contributed by atoms with E-state index in [1.165, 1.54) is 12.1 Å². The van der Waals surface area contributed by atoms with Gasteiger partial charge in [0.25, 0.3) is 11.8 Å². The molecule has 4 amide bonds. The van der Waals surface area contributed by atoms with E-state index in [0.717, 1.165) is 10.5 Å². The van der Waals surface area contributed by atoms with E-state index in [0.29, 0.717) is 16.5 Å². The highest BCUT2D eigenvalue weighted by Gasteiger charge is 2.37. The molecule has 0 radical (unpaired) electrons. The Morgan fingerprint density at radius 1 is 1.12 bits per heavy atom. The third-order valence-corrected chi connectivity index (χ3v) is 3.97. The van der Waals surface area contributed by atoms with Crippen molar-refractivity contribution in [2.45, 2.75) is 13.8 Å². The molecule has 6 nitrogen and oxygen atoms in total. The molecule has 1 aliphatic heterocycles. The highest BCUT2D eigenvalue weighted by Crippen LogP contribution is 2.26. The lowest BCUT2D eigenvalue weighted by molar-refractivity contribution is -0.122. The number of barbiturate groups is 1. The maximum absolute atomic E-state index is 12.6. The number of rotatable bonds is 2. The third kappa shape index (κ3) is 2.83. The monoisotopic (exact) mass is 344 g/mol. The fourth-order valence-corrected chi connectivity index (χ4v) is 2.46. The van der Waals surface area contributed by atoms with Crippen LogP contribution in [0.3, 0.4) is 0 Å². The van der Waals surface area contributed by atoms with Crippen LogP contribution in [0.4, 0.5) is 10.5 Å². The Kier molecular flexibility index (Phi) is 3.99. The van der Waals surface area contributed by atoms with E-state index in [1.54, 1.807) is 38.1 Å². The van der Waals surface area contributed by atoms with Gasteiger partial charge in [0.15, 0.2) is 0 Å². The average Bonchev–Trinajstić information content (AvgIpc) is 2.92. The minimum absolute atomic E-state index is 0.194. The van der Waals surface area contributed by atoms with Gasteiger partial charge in [-0.2, -0.15) is 0 Å². The summed E-state index contributed by atoms with van der Waals surface area (Å²) >= 11 is 6.06. The second-order valence-electron chi connectivity index (χ2n) is 5.34. The van der Waals surface area contributed by atoms with Gasteiger partial charge in [-0.1, -0.05) is 17.7 Å². The van der Waals surface area contributed by atoms with E-state index in [1.807, 2.05) is 0 Å². The van der Waals surface area contributed by atoms with Gasteiger partial charge in [0.1, 0.15) is 17.1 Å². The van der Waals surface area contributed by atoms with Crippen LogP contribution in [0.5, 0.6) is 0 Å². The largest absolute Gasteiger partial charge is 0.462 e. The van der Waals surface area contributed by atoms with E-state index >= 15 is 0 Å². The molecule has 1 aromatic carbocycles. The Morgan fingerprint density at radius 2 is 1.88 bits per heavy atom. The molecule has 1 N–H and O–H groups in total. The first-order valence-corrected chi connectivity index (χ1v) is 7.48. The van der Waals surface area contributed by atoms with Crippen molar-refractivity contribution in [1.29, 1.82) is 0 Å². The second-order valence-corrected chi connectivity index (χ2v) is 5.75. The van der Waals surface area contributed by atoms with Crippen LogP contribution in [-0.2, 0) is 9.59 Å². The molecule has 0 unspecified atom stereocenters. The molecular formula is C17H13ClN2O4. The Morgan fingerprint density at radius 3 is 2.50 bits per heavy atom. The first kappa shape index (κ1) is 16.0. The van der Waals surface area contributed by atoms with E-state index in [9.17, 15) is 14.4 Å². The van der Waals surface area contributed by atoms with Gasteiger partial charge in [-0.15, -0.1) is 0 Å². The minimum Gasteiger partial charge on any atom is -0.462 e. The number of benzene rings is 1. The molecule has 0 spiro atoms. The molecule has 2 heterocycles. The van der Waals surface area contributed by atoms with Crippen molar-refractivity contribution in [3.8, 4) is 0 Å². The summed E-state index contributed by atoms with van der Waals surface area (Å²) in [6, 6.07) is 7.29. The zero-order valence-corrected chi connectivity index (χ0v) is 13.7. The van der Waals surface area contributed by atoms with Crippen LogP contribution < -0.4 is 10.2 Å². The zero-order chi connectivity index (χ0) is 17.4. The number of carbonyl (C=O) groups excluding carboxylic acids is 3. The molecule has 0 aliphatic carbocycles. The molecular weight excluding hydrogens is 332 g/mol. The maximum atomic E-state index is 12.6. The normalized spacial score (nSPS) is 16.7. The van der Waals surface area contributed by atoms with Gasteiger partial charge in [-0.25, -0.2) is 9.69 Å². The van der Waals surface area contributed by atoms with Crippen molar-refractivity contribution in [3.05, 3.63) is 58.0 Å². The molecule has 1 aliphatic rings. The van der Waals surface area contributed by atoms with Crippen LogP contribution in [0, 0.1) is 13.8 Å². The molecule has 1 aromatic heterocycles. The fourth-order valence-electron chi connectivity index (χ4n) is 2.29. The van der Waals surface area contributed by atoms with Crippen molar-refractivity contribution in [2.75, 3.05) is 4.90 Å². The van der Waals surface area contributed by atoms with Crippen molar-refractivity contribution in [3.63, 3.8) is 0 Å². The predicted octanol–water partition coefficient (Wildman–Crippen LogP) is 3.22. The van der Waals surface area contributed by atoms with Gasteiger partial charge in [-0.05, 0) is 49.8 Å². The van der Waals surface area contributed by atoms with E-state index in [-0.39, 0.29) is 11.3 Å². The number of halogens is 1. The van der Waals surface area contributed by atoms with Gasteiger partial charge in [0.05, 0.1) is 5.69 Å². The molecule has 0 atom stereocenters. The Labute approximate surface area is 142 Å². The van der Waals surface area contributed by atoms with Crippen LogP contribution in [0.2, 0.25) is 5.02 Å². The summed E-state index contributed by atoms with van der Waals surface area (Å²) in [5.41, 5.74) is 0.894. The van der Waals surface area contributed by atoms with Gasteiger partial charge >= 0.3 is 6.03 Å². The second kappa shape index (κ2) is 5.98. The van der Waals surface area contributed by atoms with Crippen molar-refractivity contribution in [2.24, 2.45) is 0 Å². The minimum atomic E-state index is -0.822. The van der Waals surface area contributed by atoms with Gasteiger partial charge in [-0.3, -0.25) is 14.9 Å².